The number of carbonyl (C=O) groups is 4. The average Bonchev–Trinajstić information content (AvgIpc) is 2.96. The molecule has 0 aromatic carbocycles. The molecule has 1 heterocycles. The standard InChI is InChI=1S/C9H13BrN2O4.C5H10BrNO2.HNS/c10-4-6-11-5-3-9(15)16-12-7(13)1-2-8(12)14;6-2-4-7-3-1-5(8)9;1-2/h11H,1-6H2;7H,1-4H2,(H,8,9);1H. The molecule has 0 saturated carbocycles. The van der Waals surface area contributed by atoms with E-state index in [0.29, 0.717) is 18.2 Å². The largest absolute Gasteiger partial charge is 0.481 e. The van der Waals surface area contributed by atoms with Crippen LogP contribution >= 0.6 is 31.9 Å². The molecule has 4 N–H and O–H groups in total. The predicted molar refractivity (Wildman–Crippen MR) is 107 cm³/mol. The lowest BCUT2D eigenvalue weighted by molar-refractivity contribution is -0.197. The van der Waals surface area contributed by atoms with Crippen LogP contribution in [0, 0.1) is 4.78 Å². The van der Waals surface area contributed by atoms with Crippen LogP contribution in [0.25, 0.3) is 0 Å². The molecule has 1 aliphatic rings. The Kier molecular flexibility index (Phi) is 20.6. The summed E-state index contributed by atoms with van der Waals surface area (Å²) in [5.74, 6) is -2.23. The quantitative estimate of drug-likeness (QED) is 0.170. The monoisotopic (exact) mass is 534 g/mol. The van der Waals surface area contributed by atoms with Gasteiger partial charge in [0.15, 0.2) is 0 Å². The van der Waals surface area contributed by atoms with E-state index in [1.54, 1.807) is 0 Å². The van der Waals surface area contributed by atoms with Gasteiger partial charge in [-0.2, -0.15) is 0 Å². The number of imide groups is 1. The highest BCUT2D eigenvalue weighted by Gasteiger charge is 2.32. The summed E-state index contributed by atoms with van der Waals surface area (Å²) in [5.41, 5.74) is 0. The molecule has 0 atom stereocenters. The number of carboxylic acid groups (broad SMARTS) is 1. The highest BCUT2D eigenvalue weighted by Crippen LogP contribution is 2.12. The molecule has 2 amide bonds. The van der Waals surface area contributed by atoms with Crippen molar-refractivity contribution in [2.75, 3.05) is 36.8 Å². The Bertz CT molecular complexity index is 457. The van der Waals surface area contributed by atoms with Crippen molar-refractivity contribution in [3.8, 4) is 0 Å². The van der Waals surface area contributed by atoms with E-state index < -0.39 is 23.8 Å². The molecule has 0 aromatic heterocycles. The number of aliphatic carboxylic acids is 1. The van der Waals surface area contributed by atoms with Crippen molar-refractivity contribution < 1.29 is 29.1 Å². The van der Waals surface area contributed by atoms with Crippen LogP contribution in [0.1, 0.15) is 25.7 Å². The van der Waals surface area contributed by atoms with Gasteiger partial charge in [-0.3, -0.25) is 14.4 Å². The third-order valence-electron chi connectivity index (χ3n) is 2.76. The number of hydrogen-bond donors (Lipinski definition) is 4. The molecule has 0 bridgehead atoms. The Morgan fingerprint density at radius 1 is 1.00 bits per heavy atom. The molecular formula is C14H24Br2N4O6S. The first-order valence-electron chi connectivity index (χ1n) is 7.94. The lowest BCUT2D eigenvalue weighted by Gasteiger charge is -2.12. The van der Waals surface area contributed by atoms with E-state index in [2.05, 4.69) is 59.8 Å². The van der Waals surface area contributed by atoms with Crippen LogP contribution < -0.4 is 10.6 Å². The molecule has 0 aromatic rings. The topological polar surface area (TPSA) is 149 Å². The number of rotatable bonds is 11. The smallest absolute Gasteiger partial charge is 0.334 e. The zero-order valence-corrected chi connectivity index (χ0v) is 18.7. The summed E-state index contributed by atoms with van der Waals surface area (Å²) >= 11 is 9.77. The van der Waals surface area contributed by atoms with Crippen molar-refractivity contribution in [3.05, 3.63) is 0 Å². The van der Waals surface area contributed by atoms with Gasteiger partial charge in [-0.05, 0) is 0 Å². The fourth-order valence-electron chi connectivity index (χ4n) is 1.57. The summed E-state index contributed by atoms with van der Waals surface area (Å²) in [6.07, 6.45) is 0.568. The molecule has 0 radical (unpaired) electrons. The molecule has 27 heavy (non-hydrogen) atoms. The van der Waals surface area contributed by atoms with Gasteiger partial charge in [0, 0.05) is 62.1 Å². The Labute approximate surface area is 179 Å². The maximum atomic E-state index is 11.2. The third kappa shape index (κ3) is 16.8. The SMILES string of the molecule is N=S.O=C(CCNCCBr)ON1C(=O)CCC1=O.O=C(O)CCNCCBr. The highest BCUT2D eigenvalue weighted by molar-refractivity contribution is 9.09. The lowest BCUT2D eigenvalue weighted by Crippen LogP contribution is -2.33. The van der Waals surface area contributed by atoms with Crippen molar-refractivity contribution in [3.63, 3.8) is 0 Å². The van der Waals surface area contributed by atoms with E-state index >= 15 is 0 Å². The molecule has 1 rings (SSSR count). The van der Waals surface area contributed by atoms with Gasteiger partial charge in [0.2, 0.25) is 0 Å². The fourth-order valence-corrected chi connectivity index (χ4v) is 2.14. The Hall–Kier alpha value is -1.02. The van der Waals surface area contributed by atoms with Crippen molar-refractivity contribution in [1.29, 1.82) is 4.78 Å². The summed E-state index contributed by atoms with van der Waals surface area (Å²) in [6, 6.07) is 0. The predicted octanol–water partition coefficient (Wildman–Crippen LogP) is 0.709. The minimum absolute atomic E-state index is 0.119. The van der Waals surface area contributed by atoms with Gasteiger partial charge in [-0.1, -0.05) is 31.9 Å². The number of nitrogens with zero attached hydrogens (tertiary/aromatic N) is 1. The Morgan fingerprint density at radius 3 is 1.85 bits per heavy atom. The molecule has 0 aliphatic carbocycles. The number of carboxylic acids is 1. The van der Waals surface area contributed by atoms with Crippen LogP contribution in [0.15, 0.2) is 0 Å². The maximum Gasteiger partial charge on any atom is 0.334 e. The first-order valence-corrected chi connectivity index (χ1v) is 10.6. The van der Waals surface area contributed by atoms with E-state index in [-0.39, 0.29) is 25.7 Å². The van der Waals surface area contributed by atoms with Crippen molar-refractivity contribution >= 4 is 68.0 Å². The zero-order valence-electron chi connectivity index (χ0n) is 14.7. The highest BCUT2D eigenvalue weighted by atomic mass is 79.9. The van der Waals surface area contributed by atoms with E-state index in [4.69, 9.17) is 9.89 Å². The second kappa shape index (κ2) is 19.7. The third-order valence-corrected chi connectivity index (χ3v) is 3.56. The van der Waals surface area contributed by atoms with Crippen LogP contribution in [-0.2, 0) is 36.4 Å². The van der Waals surface area contributed by atoms with Gasteiger partial charge < -0.3 is 20.6 Å². The van der Waals surface area contributed by atoms with E-state index in [0.717, 1.165) is 23.7 Å². The van der Waals surface area contributed by atoms with Crippen LogP contribution in [0.4, 0.5) is 0 Å². The second-order valence-corrected chi connectivity index (χ2v) is 6.40. The first-order chi connectivity index (χ1) is 12.9. The van der Waals surface area contributed by atoms with Crippen LogP contribution in [0.3, 0.4) is 0 Å². The van der Waals surface area contributed by atoms with Gasteiger partial charge in [-0.25, -0.2) is 9.57 Å². The minimum Gasteiger partial charge on any atom is -0.481 e. The zero-order chi connectivity index (χ0) is 21.1. The lowest BCUT2D eigenvalue weighted by atomic mass is 10.4. The fraction of sp³-hybridized carbons (Fsp3) is 0.714. The maximum absolute atomic E-state index is 11.2. The number of amides is 2. The number of carbonyl (C=O) groups excluding carboxylic acids is 3. The van der Waals surface area contributed by atoms with Crippen LogP contribution in [0.2, 0.25) is 0 Å². The van der Waals surface area contributed by atoms with Crippen LogP contribution in [0.5, 0.6) is 0 Å². The number of alkyl halides is 2. The molecule has 13 heteroatoms. The summed E-state index contributed by atoms with van der Waals surface area (Å²) in [6.45, 7) is 2.59. The average molecular weight is 536 g/mol. The van der Waals surface area contributed by atoms with Crippen molar-refractivity contribution in [2.45, 2.75) is 25.7 Å². The van der Waals surface area contributed by atoms with Gasteiger partial charge in [0.25, 0.3) is 11.8 Å². The van der Waals surface area contributed by atoms with E-state index in [9.17, 15) is 19.2 Å². The molecule has 156 valence electrons. The normalized spacial score (nSPS) is 12.6. The summed E-state index contributed by atoms with van der Waals surface area (Å²) in [7, 11) is 0. The first kappa shape index (κ1) is 28.2. The van der Waals surface area contributed by atoms with Crippen LogP contribution in [-0.4, -0.2) is 70.8 Å². The molecule has 1 aliphatic heterocycles. The molecule has 10 nitrogen and oxygen atoms in total. The van der Waals surface area contributed by atoms with E-state index in [1.165, 1.54) is 0 Å². The molecule has 0 unspecified atom stereocenters. The van der Waals surface area contributed by atoms with Gasteiger partial charge >= 0.3 is 11.9 Å². The molecule has 1 fully saturated rings. The Morgan fingerprint density at radius 2 is 1.44 bits per heavy atom. The molecular weight excluding hydrogens is 512 g/mol. The summed E-state index contributed by atoms with van der Waals surface area (Å²) < 4.78 is 5.33. The summed E-state index contributed by atoms with van der Waals surface area (Å²) in [4.78, 5) is 48.0. The van der Waals surface area contributed by atoms with Gasteiger partial charge in [0.1, 0.15) is 0 Å². The number of hydroxylamine groups is 2. The van der Waals surface area contributed by atoms with Gasteiger partial charge in [-0.15, -0.1) is 5.06 Å². The minimum atomic E-state index is -0.753. The number of halogens is 2. The van der Waals surface area contributed by atoms with Crippen molar-refractivity contribution in [1.82, 2.24) is 15.7 Å². The molecule has 1 saturated heterocycles. The second-order valence-electron chi connectivity index (χ2n) is 4.82. The molecule has 0 spiro atoms. The van der Waals surface area contributed by atoms with Gasteiger partial charge in [0.05, 0.1) is 12.8 Å². The summed E-state index contributed by atoms with van der Waals surface area (Å²) in [5, 5.41) is 16.3. The number of hydrogen-bond acceptors (Lipinski definition) is 9. The van der Waals surface area contributed by atoms with Crippen molar-refractivity contribution in [2.24, 2.45) is 0 Å². The Balaban J connectivity index is 0. The number of nitrogens with one attached hydrogen (secondary N) is 3. The van der Waals surface area contributed by atoms with E-state index in [1.807, 2.05) is 0 Å².